The van der Waals surface area contributed by atoms with Crippen LogP contribution in [-0.2, 0) is 9.31 Å². The Bertz CT molecular complexity index is 676. The lowest BCUT2D eigenvalue weighted by molar-refractivity contribution is 0.00578. The summed E-state index contributed by atoms with van der Waals surface area (Å²) in [6.07, 6.45) is 0. The van der Waals surface area contributed by atoms with E-state index in [4.69, 9.17) is 13.8 Å². The van der Waals surface area contributed by atoms with Crippen LogP contribution in [0, 0.1) is 0 Å². The lowest BCUT2D eigenvalue weighted by atomic mass is 9.79. The number of benzene rings is 1. The summed E-state index contributed by atoms with van der Waals surface area (Å²) in [5.74, 6) is 1.48. The molecule has 0 N–H and O–H groups in total. The van der Waals surface area contributed by atoms with Crippen molar-refractivity contribution in [3.05, 3.63) is 30.2 Å². The highest BCUT2D eigenvalue weighted by Crippen LogP contribution is 2.36. The van der Waals surface area contributed by atoms with E-state index in [0.29, 0.717) is 11.7 Å². The molecule has 23 heavy (non-hydrogen) atoms. The molecular formula is C17H23BN2O3. The minimum Gasteiger partial charge on any atom is -0.399 e. The fraction of sp³-hybridized carbons (Fsp3) is 0.529. The van der Waals surface area contributed by atoms with Gasteiger partial charge in [0.05, 0.1) is 11.2 Å². The third-order valence-corrected chi connectivity index (χ3v) is 4.63. The van der Waals surface area contributed by atoms with Crippen LogP contribution in [0.1, 0.15) is 53.4 Å². The SMILES string of the molecule is CC(C)c1nc(-c2ccc(B3OC(C)(C)C(C)(C)O3)cc2)no1. The van der Waals surface area contributed by atoms with Crippen molar-refractivity contribution in [1.29, 1.82) is 0 Å². The van der Waals surface area contributed by atoms with Gasteiger partial charge in [0.25, 0.3) is 0 Å². The minimum absolute atomic E-state index is 0.222. The van der Waals surface area contributed by atoms with E-state index in [1.807, 2.05) is 65.8 Å². The first-order valence-electron chi connectivity index (χ1n) is 7.99. The van der Waals surface area contributed by atoms with E-state index in [-0.39, 0.29) is 24.2 Å². The Morgan fingerprint density at radius 1 is 0.957 bits per heavy atom. The van der Waals surface area contributed by atoms with Crippen molar-refractivity contribution in [2.45, 2.75) is 58.7 Å². The topological polar surface area (TPSA) is 57.4 Å². The van der Waals surface area contributed by atoms with Crippen molar-refractivity contribution in [3.63, 3.8) is 0 Å². The molecule has 2 heterocycles. The van der Waals surface area contributed by atoms with Crippen LogP contribution in [0.25, 0.3) is 11.4 Å². The van der Waals surface area contributed by atoms with E-state index in [1.54, 1.807) is 0 Å². The van der Waals surface area contributed by atoms with Gasteiger partial charge in [0.1, 0.15) is 0 Å². The zero-order valence-electron chi connectivity index (χ0n) is 14.6. The normalized spacial score (nSPS) is 19.5. The van der Waals surface area contributed by atoms with Gasteiger partial charge in [0.15, 0.2) is 0 Å². The molecule has 5 nitrogen and oxygen atoms in total. The minimum atomic E-state index is -0.356. The van der Waals surface area contributed by atoms with Gasteiger partial charge in [-0.1, -0.05) is 43.3 Å². The molecule has 1 aliphatic heterocycles. The third kappa shape index (κ3) is 2.93. The van der Waals surface area contributed by atoms with Gasteiger partial charge in [-0.3, -0.25) is 0 Å². The molecule has 0 bridgehead atoms. The molecule has 1 aromatic carbocycles. The lowest BCUT2D eigenvalue weighted by Gasteiger charge is -2.32. The van der Waals surface area contributed by atoms with Crippen molar-refractivity contribution in [2.75, 3.05) is 0 Å². The molecule has 0 atom stereocenters. The maximum absolute atomic E-state index is 6.06. The monoisotopic (exact) mass is 314 g/mol. The Hall–Kier alpha value is -1.66. The average Bonchev–Trinajstić information content (AvgIpc) is 3.03. The van der Waals surface area contributed by atoms with Gasteiger partial charge in [-0.05, 0) is 33.2 Å². The zero-order chi connectivity index (χ0) is 16.8. The molecule has 0 saturated carbocycles. The third-order valence-electron chi connectivity index (χ3n) is 4.63. The molecule has 1 aromatic heterocycles. The molecule has 0 aliphatic carbocycles. The smallest absolute Gasteiger partial charge is 0.399 e. The van der Waals surface area contributed by atoms with Crippen LogP contribution in [-0.4, -0.2) is 28.5 Å². The van der Waals surface area contributed by atoms with Crippen molar-refractivity contribution in [1.82, 2.24) is 10.1 Å². The molecule has 122 valence electrons. The van der Waals surface area contributed by atoms with Gasteiger partial charge in [-0.25, -0.2) is 0 Å². The van der Waals surface area contributed by atoms with Gasteiger partial charge in [-0.15, -0.1) is 0 Å². The molecular weight excluding hydrogens is 291 g/mol. The standard InChI is InChI=1S/C17H23BN2O3/c1-11(2)15-19-14(20-21-15)12-7-9-13(10-8-12)18-22-16(3,4)17(5,6)23-18/h7-11H,1-6H3. The van der Waals surface area contributed by atoms with Crippen LogP contribution in [0.15, 0.2) is 28.8 Å². The molecule has 0 radical (unpaired) electrons. The van der Waals surface area contributed by atoms with Gasteiger partial charge >= 0.3 is 7.12 Å². The van der Waals surface area contributed by atoms with Crippen molar-refractivity contribution < 1.29 is 13.8 Å². The first-order chi connectivity index (χ1) is 10.7. The van der Waals surface area contributed by atoms with Crippen molar-refractivity contribution >= 4 is 12.6 Å². The first kappa shape index (κ1) is 16.2. The van der Waals surface area contributed by atoms with Crippen molar-refractivity contribution in [3.8, 4) is 11.4 Å². The molecule has 0 spiro atoms. The number of rotatable bonds is 3. The van der Waals surface area contributed by atoms with Crippen LogP contribution < -0.4 is 5.46 Å². The fourth-order valence-corrected chi connectivity index (χ4v) is 2.36. The average molecular weight is 314 g/mol. The Kier molecular flexibility index (Phi) is 3.85. The number of hydrogen-bond donors (Lipinski definition) is 0. The molecule has 2 aromatic rings. The van der Waals surface area contributed by atoms with Crippen LogP contribution in [0.2, 0.25) is 0 Å². The maximum atomic E-state index is 6.06. The van der Waals surface area contributed by atoms with E-state index < -0.39 is 0 Å². The highest BCUT2D eigenvalue weighted by molar-refractivity contribution is 6.62. The second-order valence-corrected chi connectivity index (χ2v) is 7.32. The zero-order valence-corrected chi connectivity index (χ0v) is 14.6. The quantitative estimate of drug-likeness (QED) is 0.815. The summed E-state index contributed by atoms with van der Waals surface area (Å²) in [7, 11) is -0.356. The fourth-order valence-electron chi connectivity index (χ4n) is 2.36. The number of hydrogen-bond acceptors (Lipinski definition) is 5. The Balaban J connectivity index is 1.80. The van der Waals surface area contributed by atoms with E-state index in [1.165, 1.54) is 0 Å². The number of nitrogens with zero attached hydrogens (tertiary/aromatic N) is 2. The second-order valence-electron chi connectivity index (χ2n) is 7.32. The molecule has 1 aliphatic rings. The molecule has 3 rings (SSSR count). The van der Waals surface area contributed by atoms with Crippen LogP contribution >= 0.6 is 0 Å². The van der Waals surface area contributed by atoms with E-state index in [0.717, 1.165) is 11.0 Å². The van der Waals surface area contributed by atoms with Gasteiger partial charge < -0.3 is 13.8 Å². The summed E-state index contributed by atoms with van der Waals surface area (Å²) < 4.78 is 17.4. The molecule has 0 unspecified atom stereocenters. The Morgan fingerprint density at radius 2 is 1.52 bits per heavy atom. The molecule has 1 fully saturated rings. The van der Waals surface area contributed by atoms with Crippen LogP contribution in [0.5, 0.6) is 0 Å². The van der Waals surface area contributed by atoms with Gasteiger partial charge in [-0.2, -0.15) is 4.98 Å². The largest absolute Gasteiger partial charge is 0.494 e. The van der Waals surface area contributed by atoms with Gasteiger partial charge in [0, 0.05) is 11.5 Å². The summed E-state index contributed by atoms with van der Waals surface area (Å²) in [5.41, 5.74) is 1.23. The molecule has 1 saturated heterocycles. The summed E-state index contributed by atoms with van der Waals surface area (Å²) in [5, 5.41) is 4.03. The maximum Gasteiger partial charge on any atom is 0.494 e. The van der Waals surface area contributed by atoms with Crippen LogP contribution in [0.4, 0.5) is 0 Å². The van der Waals surface area contributed by atoms with Crippen molar-refractivity contribution in [2.24, 2.45) is 0 Å². The predicted octanol–water partition coefficient (Wildman–Crippen LogP) is 3.16. The lowest BCUT2D eigenvalue weighted by Crippen LogP contribution is -2.41. The van der Waals surface area contributed by atoms with E-state index in [9.17, 15) is 0 Å². The summed E-state index contributed by atoms with van der Waals surface area (Å²) in [4.78, 5) is 4.41. The highest BCUT2D eigenvalue weighted by Gasteiger charge is 2.51. The second kappa shape index (κ2) is 5.46. The highest BCUT2D eigenvalue weighted by atomic mass is 16.7. The summed E-state index contributed by atoms with van der Waals surface area (Å²) in [6, 6.07) is 7.91. The predicted molar refractivity (Wildman–Crippen MR) is 89.5 cm³/mol. The van der Waals surface area contributed by atoms with E-state index >= 15 is 0 Å². The number of aromatic nitrogens is 2. The molecule has 6 heteroatoms. The summed E-state index contributed by atoms with van der Waals surface area (Å²) >= 11 is 0. The molecule has 0 amide bonds. The van der Waals surface area contributed by atoms with Gasteiger partial charge in [0.2, 0.25) is 11.7 Å². The summed E-state index contributed by atoms with van der Waals surface area (Å²) in [6.45, 7) is 12.3. The Morgan fingerprint density at radius 3 is 2.00 bits per heavy atom. The van der Waals surface area contributed by atoms with Crippen LogP contribution in [0.3, 0.4) is 0 Å². The first-order valence-corrected chi connectivity index (χ1v) is 7.99. The van der Waals surface area contributed by atoms with E-state index in [2.05, 4.69) is 10.1 Å². The Labute approximate surface area is 137 Å².